The van der Waals surface area contributed by atoms with E-state index in [0.29, 0.717) is 5.41 Å². The molecule has 0 aromatic heterocycles. The van der Waals surface area contributed by atoms with Gasteiger partial charge in [-0.1, -0.05) is 46.5 Å². The van der Waals surface area contributed by atoms with Crippen molar-refractivity contribution < 1.29 is 4.43 Å². The minimum atomic E-state index is -1.64. The highest BCUT2D eigenvalue weighted by molar-refractivity contribution is 6.73. The normalized spacial score (nSPS) is 15.1. The molecule has 0 N–H and O–H groups in total. The summed E-state index contributed by atoms with van der Waals surface area (Å²) in [5.74, 6) is 0. The second-order valence-corrected chi connectivity index (χ2v) is 13.1. The van der Waals surface area contributed by atoms with Gasteiger partial charge in [-0.15, -0.1) is 0 Å². The Kier molecular flexibility index (Phi) is 13.3. The molecule has 4 heteroatoms. The molecule has 25 heavy (non-hydrogen) atoms. The summed E-state index contributed by atoms with van der Waals surface area (Å²) >= 11 is 0. The van der Waals surface area contributed by atoms with E-state index in [1.165, 1.54) is 69.7 Å². The monoisotopic (exact) mass is 372 g/mol. The first kappa shape index (κ1) is 25.1. The predicted molar refractivity (Wildman–Crippen MR) is 116 cm³/mol. The summed E-state index contributed by atoms with van der Waals surface area (Å²) in [5.41, 5.74) is 0.400. The Morgan fingerprint density at radius 2 is 1.40 bits per heavy atom. The molecule has 0 heterocycles. The molecule has 0 aliphatic carbocycles. The maximum atomic E-state index is 6.58. The van der Waals surface area contributed by atoms with Crippen molar-refractivity contribution in [2.24, 2.45) is 5.41 Å². The fourth-order valence-corrected chi connectivity index (χ4v) is 8.51. The van der Waals surface area contributed by atoms with Crippen LogP contribution in [0.1, 0.15) is 66.2 Å². The van der Waals surface area contributed by atoms with E-state index in [9.17, 15) is 0 Å². The lowest BCUT2D eigenvalue weighted by Gasteiger charge is -2.41. The van der Waals surface area contributed by atoms with Crippen molar-refractivity contribution in [2.75, 3.05) is 47.9 Å². The SMILES string of the molecule is CCCCCC[Si](CC)(CC(C)(CCN(C)C)CCN(C)C)OCC. The van der Waals surface area contributed by atoms with E-state index >= 15 is 0 Å². The predicted octanol–water partition coefficient (Wildman–Crippen LogP) is 5.48. The van der Waals surface area contributed by atoms with Gasteiger partial charge in [0, 0.05) is 6.61 Å². The van der Waals surface area contributed by atoms with Crippen LogP contribution in [0, 0.1) is 5.41 Å². The number of unbranched alkanes of at least 4 members (excludes halogenated alkanes) is 3. The Morgan fingerprint density at radius 1 is 0.840 bits per heavy atom. The molecule has 0 saturated carbocycles. The first-order valence-corrected chi connectivity index (χ1v) is 13.2. The van der Waals surface area contributed by atoms with Gasteiger partial charge in [0.05, 0.1) is 0 Å². The highest BCUT2D eigenvalue weighted by Crippen LogP contribution is 2.40. The molecule has 0 saturated heterocycles. The molecule has 1 atom stereocenters. The zero-order valence-electron chi connectivity index (χ0n) is 18.8. The van der Waals surface area contributed by atoms with Crippen LogP contribution in [-0.2, 0) is 4.43 Å². The molecule has 0 rings (SSSR count). The first-order valence-electron chi connectivity index (χ1n) is 10.7. The van der Waals surface area contributed by atoms with E-state index in [1.54, 1.807) is 0 Å². The molecular weight excluding hydrogens is 324 g/mol. The van der Waals surface area contributed by atoms with Crippen molar-refractivity contribution in [1.29, 1.82) is 0 Å². The van der Waals surface area contributed by atoms with E-state index in [-0.39, 0.29) is 0 Å². The van der Waals surface area contributed by atoms with Crippen LogP contribution in [-0.4, -0.2) is 66.0 Å². The van der Waals surface area contributed by atoms with Crippen LogP contribution in [0.2, 0.25) is 18.1 Å². The maximum Gasteiger partial charge on any atom is 0.193 e. The third kappa shape index (κ3) is 11.4. The summed E-state index contributed by atoms with van der Waals surface area (Å²) in [6.45, 7) is 12.7. The van der Waals surface area contributed by atoms with E-state index < -0.39 is 8.32 Å². The van der Waals surface area contributed by atoms with Gasteiger partial charge >= 0.3 is 0 Å². The van der Waals surface area contributed by atoms with Crippen LogP contribution in [0.4, 0.5) is 0 Å². The third-order valence-corrected chi connectivity index (χ3v) is 10.6. The standard InChI is InChI=1S/C21H48N2OSi/c1-9-12-13-14-19-25(11-3,24-10-2)20-21(4,15-17-22(5)6)16-18-23(7)8/h9-20H2,1-8H3. The zero-order valence-corrected chi connectivity index (χ0v) is 19.8. The fraction of sp³-hybridized carbons (Fsp3) is 1.00. The van der Waals surface area contributed by atoms with Crippen LogP contribution >= 0.6 is 0 Å². The van der Waals surface area contributed by atoms with Crippen molar-refractivity contribution in [1.82, 2.24) is 9.80 Å². The highest BCUT2D eigenvalue weighted by atomic mass is 28.4. The summed E-state index contributed by atoms with van der Waals surface area (Å²) in [6.07, 6.45) is 8.00. The summed E-state index contributed by atoms with van der Waals surface area (Å²) < 4.78 is 6.58. The van der Waals surface area contributed by atoms with Crippen molar-refractivity contribution in [3.63, 3.8) is 0 Å². The second-order valence-electron chi connectivity index (χ2n) is 8.87. The topological polar surface area (TPSA) is 15.7 Å². The molecular formula is C21H48N2OSi. The van der Waals surface area contributed by atoms with Crippen molar-refractivity contribution >= 4 is 8.32 Å². The van der Waals surface area contributed by atoms with Gasteiger partial charge < -0.3 is 14.2 Å². The summed E-state index contributed by atoms with van der Waals surface area (Å²) in [6, 6.07) is 3.96. The van der Waals surface area contributed by atoms with Gasteiger partial charge in [-0.05, 0) is 84.6 Å². The molecule has 0 spiro atoms. The van der Waals surface area contributed by atoms with Gasteiger partial charge in [0.15, 0.2) is 8.32 Å². The quantitative estimate of drug-likeness (QED) is 0.263. The highest BCUT2D eigenvalue weighted by Gasteiger charge is 2.40. The zero-order chi connectivity index (χ0) is 19.3. The Bertz CT molecular complexity index is 311. The lowest BCUT2D eigenvalue weighted by Crippen LogP contribution is -2.44. The van der Waals surface area contributed by atoms with E-state index in [0.717, 1.165) is 6.61 Å². The average molecular weight is 373 g/mol. The maximum absolute atomic E-state index is 6.58. The molecule has 152 valence electrons. The summed E-state index contributed by atoms with van der Waals surface area (Å²) in [7, 11) is 7.16. The van der Waals surface area contributed by atoms with Crippen LogP contribution in [0.25, 0.3) is 0 Å². The molecule has 0 bridgehead atoms. The Labute approximate surface area is 160 Å². The Balaban J connectivity index is 5.11. The number of hydrogen-bond donors (Lipinski definition) is 0. The molecule has 0 radical (unpaired) electrons. The van der Waals surface area contributed by atoms with E-state index in [1.807, 2.05) is 0 Å². The summed E-state index contributed by atoms with van der Waals surface area (Å²) in [4.78, 5) is 4.68. The average Bonchev–Trinajstić information content (AvgIpc) is 2.55. The lowest BCUT2D eigenvalue weighted by molar-refractivity contribution is 0.211. The van der Waals surface area contributed by atoms with Gasteiger partial charge in [-0.25, -0.2) is 0 Å². The molecule has 0 fully saturated rings. The molecule has 0 aromatic carbocycles. The third-order valence-electron chi connectivity index (χ3n) is 5.65. The molecule has 0 amide bonds. The largest absolute Gasteiger partial charge is 0.417 e. The van der Waals surface area contributed by atoms with Crippen molar-refractivity contribution in [3.8, 4) is 0 Å². The van der Waals surface area contributed by atoms with Gasteiger partial charge in [0.25, 0.3) is 0 Å². The van der Waals surface area contributed by atoms with Gasteiger partial charge in [-0.2, -0.15) is 0 Å². The second kappa shape index (κ2) is 13.3. The number of hydrogen-bond acceptors (Lipinski definition) is 3. The molecule has 1 unspecified atom stereocenters. The number of nitrogens with zero attached hydrogens (tertiary/aromatic N) is 2. The van der Waals surface area contributed by atoms with Crippen LogP contribution < -0.4 is 0 Å². The van der Waals surface area contributed by atoms with Crippen LogP contribution in [0.3, 0.4) is 0 Å². The lowest BCUT2D eigenvalue weighted by atomic mass is 9.85. The fourth-order valence-electron chi connectivity index (χ4n) is 3.86. The molecule has 3 nitrogen and oxygen atoms in total. The van der Waals surface area contributed by atoms with E-state index in [4.69, 9.17) is 4.43 Å². The summed E-state index contributed by atoms with van der Waals surface area (Å²) in [5, 5.41) is 0. The van der Waals surface area contributed by atoms with Gasteiger partial charge in [0.1, 0.15) is 0 Å². The van der Waals surface area contributed by atoms with Crippen molar-refractivity contribution in [3.05, 3.63) is 0 Å². The Morgan fingerprint density at radius 3 is 1.80 bits per heavy atom. The molecule has 0 aliphatic heterocycles. The first-order chi connectivity index (χ1) is 11.7. The number of rotatable bonds is 16. The van der Waals surface area contributed by atoms with Gasteiger partial charge in [-0.3, -0.25) is 0 Å². The Hall–Kier alpha value is 0.0969. The molecule has 0 aliphatic rings. The van der Waals surface area contributed by atoms with Gasteiger partial charge in [0.2, 0.25) is 0 Å². The van der Waals surface area contributed by atoms with Crippen LogP contribution in [0.5, 0.6) is 0 Å². The molecule has 0 aromatic rings. The van der Waals surface area contributed by atoms with Crippen LogP contribution in [0.15, 0.2) is 0 Å². The van der Waals surface area contributed by atoms with E-state index in [2.05, 4.69) is 65.7 Å². The minimum absolute atomic E-state index is 0.400. The smallest absolute Gasteiger partial charge is 0.193 e. The minimum Gasteiger partial charge on any atom is -0.417 e. The van der Waals surface area contributed by atoms with Crippen molar-refractivity contribution in [2.45, 2.75) is 84.4 Å².